The van der Waals surface area contributed by atoms with Gasteiger partial charge in [0.05, 0.1) is 18.8 Å². The summed E-state index contributed by atoms with van der Waals surface area (Å²) in [6.45, 7) is 3.20. The second kappa shape index (κ2) is 13.6. The quantitative estimate of drug-likeness (QED) is 0.129. The Labute approximate surface area is 199 Å². The molecule has 0 radical (unpaired) electrons. The molecule has 0 aliphatic rings. The lowest BCUT2D eigenvalue weighted by Gasteiger charge is -2.26. The van der Waals surface area contributed by atoms with E-state index in [1.165, 1.54) is 12.5 Å². The minimum absolute atomic E-state index is 0.106. The lowest BCUT2D eigenvalue weighted by Crippen LogP contribution is -2.59. The average molecular weight is 498 g/mol. The van der Waals surface area contributed by atoms with Gasteiger partial charge in [-0.1, -0.05) is 13.8 Å². The van der Waals surface area contributed by atoms with Crippen LogP contribution in [0.1, 0.15) is 38.8 Å². The number of carbonyl (C=O) groups is 6. The molecule has 1 aromatic heterocycles. The van der Waals surface area contributed by atoms with Crippen LogP contribution in [0.4, 0.5) is 0 Å². The number of aliphatic carboxylic acids is 3. The SMILES string of the molecule is CC(C)C(NC(=O)C(N)Cc1cnc[nH]1)C(=O)NC(CC(=O)O)C(=O)NC(CCC(=O)O)C(=O)O. The predicted molar refractivity (Wildman–Crippen MR) is 118 cm³/mol. The summed E-state index contributed by atoms with van der Waals surface area (Å²) >= 11 is 0. The monoisotopic (exact) mass is 498 g/mol. The highest BCUT2D eigenvalue weighted by Crippen LogP contribution is 2.07. The average Bonchev–Trinajstić information content (AvgIpc) is 3.25. The number of imidazole rings is 1. The van der Waals surface area contributed by atoms with Crippen molar-refractivity contribution in [1.29, 1.82) is 0 Å². The van der Waals surface area contributed by atoms with Crippen molar-refractivity contribution < 1.29 is 44.1 Å². The molecular formula is C20H30N6O9. The number of nitrogens with one attached hydrogen (secondary N) is 4. The first kappa shape index (κ1) is 29.0. The van der Waals surface area contributed by atoms with Crippen LogP contribution in [0.5, 0.6) is 0 Å². The molecule has 3 amide bonds. The van der Waals surface area contributed by atoms with Crippen LogP contribution in [-0.2, 0) is 35.2 Å². The van der Waals surface area contributed by atoms with E-state index in [1.807, 2.05) is 5.32 Å². The topological polar surface area (TPSA) is 254 Å². The van der Waals surface area contributed by atoms with E-state index in [4.69, 9.17) is 15.9 Å². The number of aromatic nitrogens is 2. The van der Waals surface area contributed by atoms with Crippen LogP contribution in [0.25, 0.3) is 0 Å². The molecule has 0 aliphatic carbocycles. The highest BCUT2D eigenvalue weighted by Gasteiger charge is 2.33. The second-order valence-electron chi connectivity index (χ2n) is 8.11. The lowest BCUT2D eigenvalue weighted by molar-refractivity contribution is -0.144. The predicted octanol–water partition coefficient (Wildman–Crippen LogP) is -2.19. The molecule has 1 aromatic rings. The minimum atomic E-state index is -1.69. The molecule has 0 aliphatic heterocycles. The van der Waals surface area contributed by atoms with Crippen LogP contribution in [0.15, 0.2) is 12.5 Å². The lowest BCUT2D eigenvalue weighted by atomic mass is 10.0. The fourth-order valence-electron chi connectivity index (χ4n) is 2.96. The zero-order chi connectivity index (χ0) is 26.7. The third kappa shape index (κ3) is 10.2. The van der Waals surface area contributed by atoms with E-state index < -0.39 is 85.0 Å². The van der Waals surface area contributed by atoms with Crippen molar-refractivity contribution in [3.63, 3.8) is 0 Å². The van der Waals surface area contributed by atoms with Crippen LogP contribution < -0.4 is 21.7 Å². The highest BCUT2D eigenvalue weighted by molar-refractivity contribution is 5.95. The number of H-pyrrole nitrogens is 1. The van der Waals surface area contributed by atoms with Gasteiger partial charge in [-0.3, -0.25) is 24.0 Å². The maximum Gasteiger partial charge on any atom is 0.326 e. The molecule has 35 heavy (non-hydrogen) atoms. The first-order valence-electron chi connectivity index (χ1n) is 10.6. The van der Waals surface area contributed by atoms with Crippen molar-refractivity contribution in [2.75, 3.05) is 0 Å². The molecule has 0 fully saturated rings. The van der Waals surface area contributed by atoms with Crippen molar-refractivity contribution in [2.45, 2.75) is 63.7 Å². The summed E-state index contributed by atoms with van der Waals surface area (Å²) in [6.07, 6.45) is 1.09. The Morgan fingerprint density at radius 2 is 1.57 bits per heavy atom. The molecule has 1 heterocycles. The minimum Gasteiger partial charge on any atom is -0.481 e. The van der Waals surface area contributed by atoms with Crippen LogP contribution >= 0.6 is 0 Å². The summed E-state index contributed by atoms with van der Waals surface area (Å²) in [5, 5.41) is 33.8. The maximum absolute atomic E-state index is 12.8. The fourth-order valence-corrected chi connectivity index (χ4v) is 2.96. The van der Waals surface area contributed by atoms with Crippen LogP contribution in [0.3, 0.4) is 0 Å². The summed E-state index contributed by atoms with van der Waals surface area (Å²) in [4.78, 5) is 77.8. The van der Waals surface area contributed by atoms with Crippen LogP contribution in [0, 0.1) is 5.92 Å². The highest BCUT2D eigenvalue weighted by atomic mass is 16.4. The number of nitrogens with zero attached hydrogens (tertiary/aromatic N) is 1. The van der Waals surface area contributed by atoms with E-state index in [2.05, 4.69) is 20.6 Å². The largest absolute Gasteiger partial charge is 0.481 e. The zero-order valence-corrected chi connectivity index (χ0v) is 19.2. The summed E-state index contributed by atoms with van der Waals surface area (Å²) in [5.41, 5.74) is 6.46. The van der Waals surface area contributed by atoms with E-state index in [1.54, 1.807) is 13.8 Å². The van der Waals surface area contributed by atoms with E-state index in [0.29, 0.717) is 5.69 Å². The van der Waals surface area contributed by atoms with Gasteiger partial charge in [-0.2, -0.15) is 0 Å². The van der Waals surface area contributed by atoms with Gasteiger partial charge in [0.25, 0.3) is 0 Å². The third-order valence-corrected chi connectivity index (χ3v) is 4.85. The number of nitrogens with two attached hydrogens (primary N) is 1. The van der Waals surface area contributed by atoms with Crippen molar-refractivity contribution in [3.05, 3.63) is 18.2 Å². The summed E-state index contributed by atoms with van der Waals surface area (Å²) in [6, 6.07) is -5.54. The zero-order valence-electron chi connectivity index (χ0n) is 19.2. The molecule has 15 heteroatoms. The van der Waals surface area contributed by atoms with E-state index in [0.717, 1.165) is 0 Å². The van der Waals surface area contributed by atoms with Gasteiger partial charge in [-0.05, 0) is 12.3 Å². The molecule has 0 saturated heterocycles. The van der Waals surface area contributed by atoms with Crippen molar-refractivity contribution in [3.8, 4) is 0 Å². The molecule has 0 aromatic carbocycles. The van der Waals surface area contributed by atoms with Gasteiger partial charge >= 0.3 is 17.9 Å². The molecule has 15 nitrogen and oxygen atoms in total. The van der Waals surface area contributed by atoms with Crippen LogP contribution in [-0.4, -0.2) is 85.1 Å². The molecular weight excluding hydrogens is 468 g/mol. The van der Waals surface area contributed by atoms with Gasteiger partial charge in [0.2, 0.25) is 17.7 Å². The number of carboxylic acid groups (broad SMARTS) is 3. The molecule has 4 atom stereocenters. The van der Waals surface area contributed by atoms with Gasteiger partial charge < -0.3 is 42.0 Å². The second-order valence-corrected chi connectivity index (χ2v) is 8.11. The van der Waals surface area contributed by atoms with Gasteiger partial charge in [0.1, 0.15) is 18.1 Å². The summed E-state index contributed by atoms with van der Waals surface area (Å²) in [5.74, 6) is -7.47. The number of carbonyl (C=O) groups excluding carboxylic acids is 3. The molecule has 4 unspecified atom stereocenters. The Kier molecular flexibility index (Phi) is 11.3. The van der Waals surface area contributed by atoms with E-state index >= 15 is 0 Å². The number of amides is 3. The van der Waals surface area contributed by atoms with E-state index in [9.17, 15) is 33.9 Å². The summed E-state index contributed by atoms with van der Waals surface area (Å²) < 4.78 is 0. The first-order chi connectivity index (χ1) is 16.3. The molecule has 9 N–H and O–H groups in total. The molecule has 0 bridgehead atoms. The number of rotatable bonds is 15. The maximum atomic E-state index is 12.8. The Morgan fingerprint density at radius 3 is 2.06 bits per heavy atom. The standard InChI is InChI=1S/C20H30N6O9/c1-9(2)16(26-17(31)11(21)5-10-7-22-8-23-10)19(33)25-13(6-15(29)30)18(32)24-12(20(34)35)3-4-14(27)28/h7-9,11-13,16H,3-6,21H2,1-2H3,(H,22,23)(H,24,32)(H,25,33)(H,26,31)(H,27,28)(H,29,30)(H,34,35). The number of hydrogen-bond donors (Lipinski definition) is 8. The van der Waals surface area contributed by atoms with Crippen molar-refractivity contribution in [2.24, 2.45) is 11.7 Å². The smallest absolute Gasteiger partial charge is 0.326 e. The Hall–Kier alpha value is -4.01. The number of aromatic amines is 1. The Balaban J connectivity index is 2.91. The van der Waals surface area contributed by atoms with Gasteiger partial charge in [0.15, 0.2) is 0 Å². The number of carboxylic acids is 3. The first-order valence-corrected chi connectivity index (χ1v) is 10.6. The fraction of sp³-hybridized carbons (Fsp3) is 0.550. The normalized spacial score (nSPS) is 14.3. The van der Waals surface area contributed by atoms with Gasteiger partial charge in [-0.15, -0.1) is 0 Å². The van der Waals surface area contributed by atoms with Crippen LogP contribution in [0.2, 0.25) is 0 Å². The Bertz CT molecular complexity index is 918. The van der Waals surface area contributed by atoms with Crippen molar-refractivity contribution >= 4 is 35.6 Å². The van der Waals surface area contributed by atoms with Gasteiger partial charge in [0, 0.05) is 24.7 Å². The molecule has 194 valence electrons. The molecule has 1 rings (SSSR count). The number of hydrogen-bond acceptors (Lipinski definition) is 8. The van der Waals surface area contributed by atoms with E-state index in [-0.39, 0.29) is 6.42 Å². The molecule has 0 spiro atoms. The van der Waals surface area contributed by atoms with Crippen molar-refractivity contribution in [1.82, 2.24) is 25.9 Å². The molecule has 0 saturated carbocycles. The Morgan fingerprint density at radius 1 is 0.943 bits per heavy atom. The third-order valence-electron chi connectivity index (χ3n) is 4.85. The summed E-state index contributed by atoms with van der Waals surface area (Å²) in [7, 11) is 0. The van der Waals surface area contributed by atoms with Gasteiger partial charge in [-0.25, -0.2) is 9.78 Å².